The summed E-state index contributed by atoms with van der Waals surface area (Å²) in [6.45, 7) is 0.167. The molecule has 0 spiro atoms. The molecule has 0 fully saturated rings. The van der Waals surface area contributed by atoms with E-state index in [1.54, 1.807) is 0 Å². The van der Waals surface area contributed by atoms with Gasteiger partial charge in [-0.3, -0.25) is 4.72 Å². The molecule has 6 nitrogen and oxygen atoms in total. The van der Waals surface area contributed by atoms with Gasteiger partial charge in [0.25, 0.3) is 0 Å². The zero-order valence-corrected chi connectivity index (χ0v) is 7.87. The summed E-state index contributed by atoms with van der Waals surface area (Å²) in [5, 5.41) is 0. The van der Waals surface area contributed by atoms with E-state index in [9.17, 15) is 8.42 Å². The van der Waals surface area contributed by atoms with Crippen molar-refractivity contribution < 1.29 is 8.42 Å². The van der Waals surface area contributed by atoms with Gasteiger partial charge in [0.2, 0.25) is 10.0 Å². The Kier molecular flexibility index (Phi) is 2.79. The van der Waals surface area contributed by atoms with Gasteiger partial charge >= 0.3 is 0 Å². The maximum absolute atomic E-state index is 10.9. The van der Waals surface area contributed by atoms with E-state index < -0.39 is 10.0 Å². The fourth-order valence-electron chi connectivity index (χ4n) is 0.803. The standard InChI is InChI=1S/C6H10N4O2S/c1-13(11,12)10-6-3-8-4-9-5(6)2-7/h3-4,10H,2,7H2,1H3. The Morgan fingerprint density at radius 1 is 1.62 bits per heavy atom. The Morgan fingerprint density at radius 3 is 2.85 bits per heavy atom. The molecule has 0 aliphatic heterocycles. The summed E-state index contributed by atoms with van der Waals surface area (Å²) < 4.78 is 24.0. The van der Waals surface area contributed by atoms with Crippen LogP contribution in [-0.2, 0) is 16.6 Å². The summed E-state index contributed by atoms with van der Waals surface area (Å²) in [6, 6.07) is 0. The number of hydrogen-bond acceptors (Lipinski definition) is 5. The highest BCUT2D eigenvalue weighted by atomic mass is 32.2. The maximum Gasteiger partial charge on any atom is 0.229 e. The Labute approximate surface area is 76.3 Å². The monoisotopic (exact) mass is 202 g/mol. The molecular formula is C6H10N4O2S. The van der Waals surface area contributed by atoms with Gasteiger partial charge in [0.15, 0.2) is 0 Å². The summed E-state index contributed by atoms with van der Waals surface area (Å²) in [4.78, 5) is 7.50. The van der Waals surface area contributed by atoms with Crippen molar-refractivity contribution >= 4 is 15.7 Å². The fraction of sp³-hybridized carbons (Fsp3) is 0.333. The van der Waals surface area contributed by atoms with Crippen LogP contribution in [-0.4, -0.2) is 24.6 Å². The average molecular weight is 202 g/mol. The maximum atomic E-state index is 10.9. The molecule has 3 N–H and O–H groups in total. The first-order valence-electron chi connectivity index (χ1n) is 3.49. The van der Waals surface area contributed by atoms with E-state index in [-0.39, 0.29) is 6.54 Å². The minimum absolute atomic E-state index is 0.167. The van der Waals surface area contributed by atoms with Gasteiger partial charge in [0.1, 0.15) is 6.33 Å². The highest BCUT2D eigenvalue weighted by Crippen LogP contribution is 2.10. The van der Waals surface area contributed by atoms with Gasteiger partial charge in [-0.15, -0.1) is 0 Å². The van der Waals surface area contributed by atoms with E-state index in [0.29, 0.717) is 11.4 Å². The molecule has 0 atom stereocenters. The highest BCUT2D eigenvalue weighted by molar-refractivity contribution is 7.92. The van der Waals surface area contributed by atoms with E-state index in [1.807, 2.05) is 0 Å². The lowest BCUT2D eigenvalue weighted by Crippen LogP contribution is -2.13. The van der Waals surface area contributed by atoms with Crippen molar-refractivity contribution in [2.24, 2.45) is 5.73 Å². The van der Waals surface area contributed by atoms with Crippen LogP contribution >= 0.6 is 0 Å². The smallest absolute Gasteiger partial charge is 0.229 e. The first-order chi connectivity index (χ1) is 6.03. The average Bonchev–Trinajstić information content (AvgIpc) is 2.02. The van der Waals surface area contributed by atoms with Crippen LogP contribution in [0.15, 0.2) is 12.5 Å². The summed E-state index contributed by atoms with van der Waals surface area (Å²) in [5.41, 5.74) is 6.14. The van der Waals surface area contributed by atoms with Crippen LogP contribution in [0, 0.1) is 0 Å². The number of hydrogen-bond donors (Lipinski definition) is 2. The molecule has 0 saturated carbocycles. The van der Waals surface area contributed by atoms with Gasteiger partial charge in [-0.1, -0.05) is 0 Å². The van der Waals surface area contributed by atoms with Gasteiger partial charge in [-0.25, -0.2) is 18.4 Å². The summed E-state index contributed by atoms with van der Waals surface area (Å²) in [5.74, 6) is 0. The van der Waals surface area contributed by atoms with Gasteiger partial charge in [0.05, 0.1) is 23.8 Å². The molecule has 13 heavy (non-hydrogen) atoms. The molecule has 0 bridgehead atoms. The van der Waals surface area contributed by atoms with Crippen molar-refractivity contribution in [1.82, 2.24) is 9.97 Å². The Hall–Kier alpha value is -1.21. The Bertz CT molecular complexity index is 389. The van der Waals surface area contributed by atoms with Crippen molar-refractivity contribution in [1.29, 1.82) is 0 Å². The lowest BCUT2D eigenvalue weighted by molar-refractivity contribution is 0.606. The number of anilines is 1. The SMILES string of the molecule is CS(=O)(=O)Nc1cncnc1CN. The number of nitrogens with two attached hydrogens (primary N) is 1. The number of rotatable bonds is 3. The molecule has 0 radical (unpaired) electrons. The lowest BCUT2D eigenvalue weighted by Gasteiger charge is -2.06. The third kappa shape index (κ3) is 2.96. The van der Waals surface area contributed by atoms with Gasteiger partial charge < -0.3 is 5.73 Å². The van der Waals surface area contributed by atoms with Gasteiger partial charge in [-0.05, 0) is 0 Å². The molecule has 1 aromatic heterocycles. The zero-order valence-electron chi connectivity index (χ0n) is 7.06. The van der Waals surface area contributed by atoms with Crippen LogP contribution < -0.4 is 10.5 Å². The Balaban J connectivity index is 3.01. The number of sulfonamides is 1. The number of aromatic nitrogens is 2. The zero-order chi connectivity index (χ0) is 9.90. The van der Waals surface area contributed by atoms with Crippen LogP contribution in [0.5, 0.6) is 0 Å². The van der Waals surface area contributed by atoms with Crippen molar-refractivity contribution in [3.63, 3.8) is 0 Å². The number of nitrogens with one attached hydrogen (secondary N) is 1. The lowest BCUT2D eigenvalue weighted by atomic mass is 10.3. The molecule has 72 valence electrons. The fourth-order valence-corrected chi connectivity index (χ4v) is 1.37. The van der Waals surface area contributed by atoms with Crippen molar-refractivity contribution in [2.75, 3.05) is 11.0 Å². The topological polar surface area (TPSA) is 98.0 Å². The number of nitrogens with zero attached hydrogens (tertiary/aromatic N) is 2. The second-order valence-corrected chi connectivity index (χ2v) is 4.21. The second kappa shape index (κ2) is 3.67. The summed E-state index contributed by atoms with van der Waals surface area (Å²) in [6.07, 6.45) is 3.74. The molecule has 0 aliphatic rings. The molecule has 0 aliphatic carbocycles. The van der Waals surface area contributed by atoms with Crippen molar-refractivity contribution in [3.8, 4) is 0 Å². The molecule has 0 unspecified atom stereocenters. The van der Waals surface area contributed by atoms with Crippen LogP contribution in [0.3, 0.4) is 0 Å². The molecule has 7 heteroatoms. The molecule has 1 heterocycles. The largest absolute Gasteiger partial charge is 0.325 e. The molecule has 0 amide bonds. The van der Waals surface area contributed by atoms with Gasteiger partial charge in [-0.2, -0.15) is 0 Å². The van der Waals surface area contributed by atoms with E-state index in [0.717, 1.165) is 6.26 Å². The first kappa shape index (κ1) is 9.87. The normalized spacial score (nSPS) is 11.2. The van der Waals surface area contributed by atoms with Crippen LogP contribution in [0.1, 0.15) is 5.69 Å². The summed E-state index contributed by atoms with van der Waals surface area (Å²) in [7, 11) is -3.30. The second-order valence-electron chi connectivity index (χ2n) is 2.46. The van der Waals surface area contributed by atoms with Crippen molar-refractivity contribution in [3.05, 3.63) is 18.2 Å². The van der Waals surface area contributed by atoms with E-state index in [4.69, 9.17) is 5.73 Å². The third-order valence-electron chi connectivity index (χ3n) is 1.28. The summed E-state index contributed by atoms with van der Waals surface area (Å²) >= 11 is 0. The molecule has 0 saturated heterocycles. The van der Waals surface area contributed by atoms with E-state index in [2.05, 4.69) is 14.7 Å². The van der Waals surface area contributed by atoms with E-state index in [1.165, 1.54) is 12.5 Å². The van der Waals surface area contributed by atoms with Crippen molar-refractivity contribution in [2.45, 2.75) is 6.54 Å². The van der Waals surface area contributed by atoms with Crippen LogP contribution in [0.4, 0.5) is 5.69 Å². The van der Waals surface area contributed by atoms with Gasteiger partial charge in [0, 0.05) is 6.54 Å². The highest BCUT2D eigenvalue weighted by Gasteiger charge is 2.06. The van der Waals surface area contributed by atoms with Crippen LogP contribution in [0.2, 0.25) is 0 Å². The predicted octanol–water partition coefficient (Wildman–Crippen LogP) is -0.693. The molecular weight excluding hydrogens is 192 g/mol. The van der Waals surface area contributed by atoms with E-state index >= 15 is 0 Å². The quantitative estimate of drug-likeness (QED) is 0.675. The Morgan fingerprint density at radius 2 is 2.31 bits per heavy atom. The predicted molar refractivity (Wildman–Crippen MR) is 48.4 cm³/mol. The minimum atomic E-state index is -3.30. The molecule has 0 aromatic carbocycles. The van der Waals surface area contributed by atoms with Crippen LogP contribution in [0.25, 0.3) is 0 Å². The first-order valence-corrected chi connectivity index (χ1v) is 5.39. The third-order valence-corrected chi connectivity index (χ3v) is 1.87. The minimum Gasteiger partial charge on any atom is -0.325 e. The molecule has 1 rings (SSSR count). The molecule has 1 aromatic rings.